The lowest BCUT2D eigenvalue weighted by Gasteiger charge is -2.22. The van der Waals surface area contributed by atoms with E-state index in [-0.39, 0.29) is 4.90 Å². The van der Waals surface area contributed by atoms with Crippen molar-refractivity contribution in [3.05, 3.63) is 22.8 Å². The molecule has 0 saturated carbocycles. The molecule has 0 atom stereocenters. The molecular formula is C13H19F3N2O2S. The van der Waals surface area contributed by atoms with E-state index in [9.17, 15) is 21.6 Å². The predicted octanol–water partition coefficient (Wildman–Crippen LogP) is 2.77. The Morgan fingerprint density at radius 1 is 1.19 bits per heavy atom. The summed E-state index contributed by atoms with van der Waals surface area (Å²) < 4.78 is 62.5. The summed E-state index contributed by atoms with van der Waals surface area (Å²) in [5.74, 6) is 0. The first-order chi connectivity index (χ1) is 9.38. The van der Waals surface area contributed by atoms with E-state index in [0.29, 0.717) is 26.7 Å². The molecule has 0 bridgehead atoms. The quantitative estimate of drug-likeness (QED) is 0.866. The van der Waals surface area contributed by atoms with Gasteiger partial charge >= 0.3 is 6.18 Å². The number of anilines is 1. The zero-order chi connectivity index (χ0) is 16.6. The van der Waals surface area contributed by atoms with E-state index < -0.39 is 29.2 Å². The number of nitrogen functional groups attached to an aromatic ring is 1. The fourth-order valence-corrected chi connectivity index (χ4v) is 3.68. The fraction of sp³-hybridized carbons (Fsp3) is 0.538. The van der Waals surface area contributed by atoms with E-state index >= 15 is 0 Å². The molecule has 0 aliphatic rings. The van der Waals surface area contributed by atoms with Gasteiger partial charge in [-0.1, -0.05) is 0 Å². The topological polar surface area (TPSA) is 63.4 Å². The lowest BCUT2D eigenvalue weighted by atomic mass is 10.1. The highest BCUT2D eigenvalue weighted by Crippen LogP contribution is 2.30. The monoisotopic (exact) mass is 324 g/mol. The largest absolute Gasteiger partial charge is 0.398 e. The number of aryl methyl sites for hydroxylation is 1. The van der Waals surface area contributed by atoms with Gasteiger partial charge in [-0.2, -0.15) is 13.2 Å². The van der Waals surface area contributed by atoms with E-state index in [0.717, 1.165) is 7.05 Å². The highest BCUT2D eigenvalue weighted by atomic mass is 32.2. The molecule has 0 fully saturated rings. The molecule has 1 aromatic carbocycles. The number of alkyl halides is 3. The Morgan fingerprint density at radius 2 is 1.71 bits per heavy atom. The molecule has 120 valence electrons. The standard InChI is InChI=1S/C13H19F3N2O2S/c1-8-7-11(17)10(3)12(9(8)2)21(19,20)18(4)6-5-13(14,15)16/h7H,5-6,17H2,1-4H3. The van der Waals surface area contributed by atoms with Gasteiger partial charge in [0.1, 0.15) is 0 Å². The smallest absolute Gasteiger partial charge is 0.390 e. The Labute approximate surface area is 122 Å². The minimum absolute atomic E-state index is 0.00956. The Hall–Kier alpha value is -1.28. The Bertz CT molecular complexity index is 614. The molecule has 0 spiro atoms. The van der Waals surface area contributed by atoms with Gasteiger partial charge < -0.3 is 5.73 Å². The van der Waals surface area contributed by atoms with Crippen LogP contribution in [-0.2, 0) is 10.0 Å². The molecule has 4 nitrogen and oxygen atoms in total. The summed E-state index contributed by atoms with van der Waals surface area (Å²) in [6, 6.07) is 1.65. The van der Waals surface area contributed by atoms with Crippen molar-refractivity contribution in [3.8, 4) is 0 Å². The van der Waals surface area contributed by atoms with Gasteiger partial charge in [0, 0.05) is 19.3 Å². The molecule has 0 amide bonds. The summed E-state index contributed by atoms with van der Waals surface area (Å²) in [6.07, 6.45) is -5.60. The molecular weight excluding hydrogens is 305 g/mol. The molecule has 0 aromatic heterocycles. The molecule has 0 heterocycles. The normalized spacial score (nSPS) is 13.0. The second-order valence-corrected chi connectivity index (χ2v) is 7.04. The van der Waals surface area contributed by atoms with Gasteiger partial charge in [-0.25, -0.2) is 12.7 Å². The van der Waals surface area contributed by atoms with Crippen molar-refractivity contribution < 1.29 is 21.6 Å². The lowest BCUT2D eigenvalue weighted by Crippen LogP contribution is -2.31. The first-order valence-electron chi connectivity index (χ1n) is 6.27. The molecule has 21 heavy (non-hydrogen) atoms. The fourth-order valence-electron chi connectivity index (χ4n) is 1.99. The van der Waals surface area contributed by atoms with Crippen LogP contribution < -0.4 is 5.73 Å². The van der Waals surface area contributed by atoms with Crippen molar-refractivity contribution in [3.63, 3.8) is 0 Å². The maximum absolute atomic E-state index is 12.5. The summed E-state index contributed by atoms with van der Waals surface area (Å²) in [4.78, 5) is -0.00956. The van der Waals surface area contributed by atoms with Crippen LogP contribution in [0.15, 0.2) is 11.0 Å². The van der Waals surface area contributed by atoms with E-state index in [1.807, 2.05) is 0 Å². The number of hydrogen-bond acceptors (Lipinski definition) is 3. The third-order valence-corrected chi connectivity index (χ3v) is 5.59. The van der Waals surface area contributed by atoms with Gasteiger partial charge in [-0.15, -0.1) is 0 Å². The lowest BCUT2D eigenvalue weighted by molar-refractivity contribution is -0.135. The maximum atomic E-state index is 12.5. The second-order valence-electron chi connectivity index (χ2n) is 5.05. The predicted molar refractivity (Wildman–Crippen MR) is 75.6 cm³/mol. The Kier molecular flexibility index (Phi) is 4.94. The SMILES string of the molecule is Cc1cc(N)c(C)c(S(=O)(=O)N(C)CCC(F)(F)F)c1C. The molecule has 0 aliphatic carbocycles. The average molecular weight is 324 g/mol. The summed E-state index contributed by atoms with van der Waals surface area (Å²) in [5.41, 5.74) is 7.61. The number of benzene rings is 1. The highest BCUT2D eigenvalue weighted by Gasteiger charge is 2.32. The minimum atomic E-state index is -4.40. The number of nitrogens with two attached hydrogens (primary N) is 1. The third-order valence-electron chi connectivity index (χ3n) is 3.46. The van der Waals surface area contributed by atoms with E-state index in [4.69, 9.17) is 5.73 Å². The van der Waals surface area contributed by atoms with Gasteiger partial charge in [0.15, 0.2) is 0 Å². The Morgan fingerprint density at radius 3 is 2.19 bits per heavy atom. The van der Waals surface area contributed by atoms with Gasteiger partial charge in [0.2, 0.25) is 10.0 Å². The van der Waals surface area contributed by atoms with Crippen molar-refractivity contribution in [1.29, 1.82) is 0 Å². The number of halogens is 3. The van der Waals surface area contributed by atoms with Crippen molar-refractivity contribution in [2.45, 2.75) is 38.3 Å². The molecule has 0 radical (unpaired) electrons. The molecule has 0 aliphatic heterocycles. The molecule has 8 heteroatoms. The van der Waals surface area contributed by atoms with Crippen LogP contribution in [0.1, 0.15) is 23.1 Å². The molecule has 1 aromatic rings. The van der Waals surface area contributed by atoms with Crippen LogP contribution in [0.3, 0.4) is 0 Å². The summed E-state index contributed by atoms with van der Waals surface area (Å²) >= 11 is 0. The van der Waals surface area contributed by atoms with Gasteiger partial charge in [0.05, 0.1) is 11.3 Å². The minimum Gasteiger partial charge on any atom is -0.398 e. The van der Waals surface area contributed by atoms with Crippen molar-refractivity contribution in [1.82, 2.24) is 4.31 Å². The van der Waals surface area contributed by atoms with Crippen LogP contribution in [0.4, 0.5) is 18.9 Å². The highest BCUT2D eigenvalue weighted by molar-refractivity contribution is 7.89. The number of sulfonamides is 1. The van der Waals surface area contributed by atoms with Crippen LogP contribution in [0.2, 0.25) is 0 Å². The summed E-state index contributed by atoms with van der Waals surface area (Å²) in [5, 5.41) is 0. The van der Waals surface area contributed by atoms with Crippen LogP contribution in [-0.4, -0.2) is 32.5 Å². The van der Waals surface area contributed by atoms with Crippen molar-refractivity contribution >= 4 is 15.7 Å². The van der Waals surface area contributed by atoms with Crippen LogP contribution in [0, 0.1) is 20.8 Å². The first kappa shape index (κ1) is 17.8. The summed E-state index contributed by atoms with van der Waals surface area (Å²) in [6.45, 7) is 4.25. The van der Waals surface area contributed by atoms with E-state index in [1.54, 1.807) is 26.8 Å². The molecule has 2 N–H and O–H groups in total. The van der Waals surface area contributed by atoms with E-state index in [2.05, 4.69) is 0 Å². The van der Waals surface area contributed by atoms with Gasteiger partial charge in [-0.05, 0) is 43.5 Å². The Balaban J connectivity index is 3.26. The zero-order valence-corrected chi connectivity index (χ0v) is 13.2. The maximum Gasteiger partial charge on any atom is 0.390 e. The average Bonchev–Trinajstić information content (AvgIpc) is 2.32. The molecule has 1 rings (SSSR count). The summed E-state index contributed by atoms with van der Waals surface area (Å²) in [7, 11) is -2.88. The second kappa shape index (κ2) is 5.84. The van der Waals surface area contributed by atoms with Crippen LogP contribution in [0.5, 0.6) is 0 Å². The molecule has 0 saturated heterocycles. The number of nitrogens with zero attached hydrogens (tertiary/aromatic N) is 1. The number of hydrogen-bond donors (Lipinski definition) is 1. The van der Waals surface area contributed by atoms with Crippen LogP contribution in [0.25, 0.3) is 0 Å². The third kappa shape index (κ3) is 3.88. The van der Waals surface area contributed by atoms with Gasteiger partial charge in [0.25, 0.3) is 0 Å². The van der Waals surface area contributed by atoms with Crippen LogP contribution >= 0.6 is 0 Å². The van der Waals surface area contributed by atoms with Crippen molar-refractivity contribution in [2.24, 2.45) is 0 Å². The molecule has 0 unspecified atom stereocenters. The van der Waals surface area contributed by atoms with Crippen molar-refractivity contribution in [2.75, 3.05) is 19.3 Å². The van der Waals surface area contributed by atoms with Gasteiger partial charge in [-0.3, -0.25) is 0 Å². The number of rotatable bonds is 4. The zero-order valence-electron chi connectivity index (χ0n) is 12.4. The first-order valence-corrected chi connectivity index (χ1v) is 7.71. The van der Waals surface area contributed by atoms with E-state index in [1.165, 1.54) is 0 Å².